The van der Waals surface area contributed by atoms with Crippen LogP contribution in [-0.4, -0.2) is 46.8 Å². The summed E-state index contributed by atoms with van der Waals surface area (Å²) in [4.78, 5) is 52.2. The summed E-state index contributed by atoms with van der Waals surface area (Å²) in [7, 11) is 0. The van der Waals surface area contributed by atoms with Crippen LogP contribution in [0.25, 0.3) is 0 Å². The topological polar surface area (TPSA) is 80.8 Å². The van der Waals surface area contributed by atoms with E-state index >= 15 is 4.39 Å². The Balaban J connectivity index is 1.96. The fourth-order valence-electron chi connectivity index (χ4n) is 4.33. The quantitative estimate of drug-likeness (QED) is 0.213. The summed E-state index contributed by atoms with van der Waals surface area (Å²) in [5.74, 6) is -6.75. The van der Waals surface area contributed by atoms with E-state index in [0.29, 0.717) is 25.0 Å². The van der Waals surface area contributed by atoms with Gasteiger partial charge in [0.15, 0.2) is 0 Å². The van der Waals surface area contributed by atoms with E-state index in [4.69, 9.17) is 4.74 Å². The lowest BCUT2D eigenvalue weighted by atomic mass is 9.81. The largest absolute Gasteiger partial charge is 0.463 e. The van der Waals surface area contributed by atoms with E-state index in [9.17, 15) is 32.3 Å². The Kier molecular flexibility index (Phi) is 6.71. The molecule has 1 heterocycles. The van der Waals surface area contributed by atoms with Crippen LogP contribution in [0.1, 0.15) is 61.4 Å². The molecule has 0 radical (unpaired) electrons. The van der Waals surface area contributed by atoms with E-state index in [1.54, 1.807) is 0 Å². The number of carbonyl (C=O) groups excluding carboxylic acids is 4. The summed E-state index contributed by atoms with van der Waals surface area (Å²) < 4.78 is 59.4. The van der Waals surface area contributed by atoms with Crippen molar-refractivity contribution >= 4 is 23.6 Å². The molecule has 3 rings (SSSR count). The molecule has 1 saturated heterocycles. The number of likely N-dealkylation sites (tertiary alicyclic amines) is 1. The van der Waals surface area contributed by atoms with Gasteiger partial charge in [-0.2, -0.15) is 13.2 Å². The van der Waals surface area contributed by atoms with Gasteiger partial charge in [-0.15, -0.1) is 0 Å². The standard InChI is InChI=1S/C22H23F4NO5/c1-2-32-20(31)21(23,18(29)13-8-10-14(11-9-13)22(24,25)26)16-12-17(28)27(19(16)30)15-6-4-3-5-7-15/h8-11,15-16H,2-7,12H2,1H3/t16-,21-/m0/s1. The first-order chi connectivity index (χ1) is 15.0. The van der Waals surface area contributed by atoms with Gasteiger partial charge in [-0.3, -0.25) is 19.3 Å². The molecule has 32 heavy (non-hydrogen) atoms. The molecule has 1 saturated carbocycles. The number of carbonyl (C=O) groups is 4. The number of imide groups is 1. The second-order valence-corrected chi connectivity index (χ2v) is 7.99. The molecule has 10 heteroatoms. The van der Waals surface area contributed by atoms with Crippen LogP contribution < -0.4 is 0 Å². The lowest BCUT2D eigenvalue weighted by Crippen LogP contribution is -2.53. The molecule has 174 valence electrons. The van der Waals surface area contributed by atoms with Gasteiger partial charge in [0.05, 0.1) is 12.2 Å². The van der Waals surface area contributed by atoms with E-state index in [2.05, 4.69) is 0 Å². The van der Waals surface area contributed by atoms with Gasteiger partial charge in [-0.25, -0.2) is 9.18 Å². The molecule has 1 aliphatic carbocycles. The van der Waals surface area contributed by atoms with Crippen molar-refractivity contribution < 1.29 is 41.5 Å². The van der Waals surface area contributed by atoms with Crippen molar-refractivity contribution in [2.45, 2.75) is 63.3 Å². The number of nitrogens with zero attached hydrogens (tertiary/aromatic N) is 1. The zero-order valence-corrected chi connectivity index (χ0v) is 17.4. The summed E-state index contributed by atoms with van der Waals surface area (Å²) in [6.07, 6.45) is -1.75. The average Bonchev–Trinajstić information content (AvgIpc) is 3.07. The molecule has 1 aromatic rings. The summed E-state index contributed by atoms with van der Waals surface area (Å²) in [6.45, 7) is 1.07. The van der Waals surface area contributed by atoms with Crippen molar-refractivity contribution in [1.29, 1.82) is 0 Å². The van der Waals surface area contributed by atoms with Gasteiger partial charge in [0, 0.05) is 18.0 Å². The Hall–Kier alpha value is -2.78. The van der Waals surface area contributed by atoms with Crippen molar-refractivity contribution in [2.75, 3.05) is 6.61 Å². The Morgan fingerprint density at radius 1 is 1.03 bits per heavy atom. The third kappa shape index (κ3) is 4.27. The summed E-state index contributed by atoms with van der Waals surface area (Å²) in [5.41, 5.74) is -5.14. The van der Waals surface area contributed by atoms with Crippen molar-refractivity contribution in [3.05, 3.63) is 35.4 Å². The van der Waals surface area contributed by atoms with Gasteiger partial charge in [0.2, 0.25) is 17.6 Å². The molecule has 0 spiro atoms. The highest BCUT2D eigenvalue weighted by atomic mass is 19.4. The average molecular weight is 457 g/mol. The maximum Gasteiger partial charge on any atom is 0.416 e. The highest BCUT2D eigenvalue weighted by molar-refractivity contribution is 6.20. The monoisotopic (exact) mass is 457 g/mol. The normalized spacial score (nSPS) is 22.0. The van der Waals surface area contributed by atoms with Gasteiger partial charge in [0.1, 0.15) is 5.92 Å². The second-order valence-electron chi connectivity index (χ2n) is 7.99. The molecule has 1 aliphatic heterocycles. The summed E-state index contributed by atoms with van der Waals surface area (Å²) >= 11 is 0. The molecule has 2 amide bonds. The van der Waals surface area contributed by atoms with Crippen molar-refractivity contribution in [1.82, 2.24) is 4.90 Å². The smallest absolute Gasteiger partial charge is 0.416 e. The predicted octanol–water partition coefficient (Wildman–Crippen LogP) is 3.87. The number of amides is 2. The number of alkyl halides is 4. The number of ketones is 1. The van der Waals surface area contributed by atoms with Crippen LogP contribution in [0.5, 0.6) is 0 Å². The molecule has 0 N–H and O–H groups in total. The van der Waals surface area contributed by atoms with Gasteiger partial charge in [-0.05, 0) is 31.9 Å². The molecular formula is C22H23F4NO5. The molecule has 2 aliphatic rings. The van der Waals surface area contributed by atoms with Crippen molar-refractivity contribution in [3.8, 4) is 0 Å². The molecule has 0 bridgehead atoms. The summed E-state index contributed by atoms with van der Waals surface area (Å²) in [5, 5.41) is 0. The molecule has 2 fully saturated rings. The predicted molar refractivity (Wildman–Crippen MR) is 103 cm³/mol. The van der Waals surface area contributed by atoms with Crippen molar-refractivity contribution in [3.63, 3.8) is 0 Å². The third-order valence-corrected chi connectivity index (χ3v) is 5.98. The number of hydrogen-bond acceptors (Lipinski definition) is 5. The molecule has 0 unspecified atom stereocenters. The van der Waals surface area contributed by atoms with Gasteiger partial charge in [-0.1, -0.05) is 31.4 Å². The van der Waals surface area contributed by atoms with Crippen molar-refractivity contribution in [2.24, 2.45) is 5.92 Å². The van der Waals surface area contributed by atoms with Crippen LogP contribution in [0.3, 0.4) is 0 Å². The Morgan fingerprint density at radius 3 is 2.16 bits per heavy atom. The number of hydrogen-bond donors (Lipinski definition) is 0. The SMILES string of the molecule is CCOC(=O)[C@@](F)(C(=O)c1ccc(C(F)(F)F)cc1)[C@H]1CC(=O)N(C2CCCCC2)C1=O. The number of benzene rings is 1. The number of rotatable bonds is 6. The minimum Gasteiger partial charge on any atom is -0.463 e. The highest BCUT2D eigenvalue weighted by Crippen LogP contribution is 2.40. The molecule has 1 aromatic carbocycles. The lowest BCUT2D eigenvalue weighted by molar-refractivity contribution is -0.161. The first-order valence-corrected chi connectivity index (χ1v) is 10.5. The van der Waals surface area contributed by atoms with Gasteiger partial charge in [0.25, 0.3) is 5.67 Å². The maximum absolute atomic E-state index is 16.2. The van der Waals surface area contributed by atoms with Crippen LogP contribution in [-0.2, 0) is 25.3 Å². The molecule has 0 aromatic heterocycles. The molecular weight excluding hydrogens is 434 g/mol. The first-order valence-electron chi connectivity index (χ1n) is 10.5. The van der Waals surface area contributed by atoms with E-state index in [-0.39, 0.29) is 6.61 Å². The third-order valence-electron chi connectivity index (χ3n) is 5.98. The fraction of sp³-hybridized carbons (Fsp3) is 0.545. The molecule has 2 atom stereocenters. The van der Waals surface area contributed by atoms with Crippen LogP contribution in [0.15, 0.2) is 24.3 Å². The Morgan fingerprint density at radius 2 is 1.62 bits per heavy atom. The number of halogens is 4. The van der Waals surface area contributed by atoms with Crippen LogP contribution >= 0.6 is 0 Å². The minimum absolute atomic E-state index is 0.300. The van der Waals surface area contributed by atoms with E-state index in [0.717, 1.165) is 36.3 Å². The number of ether oxygens (including phenoxy) is 1. The minimum atomic E-state index is -4.68. The van der Waals surface area contributed by atoms with Crippen LogP contribution in [0, 0.1) is 5.92 Å². The Bertz CT molecular complexity index is 908. The van der Waals surface area contributed by atoms with Gasteiger partial charge < -0.3 is 4.74 Å². The van der Waals surface area contributed by atoms with E-state index in [1.807, 2.05) is 0 Å². The molecule has 6 nitrogen and oxygen atoms in total. The van der Waals surface area contributed by atoms with E-state index in [1.165, 1.54) is 6.92 Å². The first kappa shape index (κ1) is 23.9. The lowest BCUT2D eigenvalue weighted by Gasteiger charge is -2.31. The second kappa shape index (κ2) is 8.99. The zero-order valence-electron chi connectivity index (χ0n) is 17.4. The zero-order chi connectivity index (χ0) is 23.7. The van der Waals surface area contributed by atoms with E-state index < -0.39 is 64.9 Å². The number of esters is 1. The number of Topliss-reactive ketones (excluding diaryl/α,β-unsaturated/α-hetero) is 1. The van der Waals surface area contributed by atoms with Crippen LogP contribution in [0.4, 0.5) is 17.6 Å². The van der Waals surface area contributed by atoms with Gasteiger partial charge >= 0.3 is 12.1 Å². The maximum atomic E-state index is 16.2. The van der Waals surface area contributed by atoms with Crippen LogP contribution in [0.2, 0.25) is 0 Å². The Labute approximate surface area is 181 Å². The fourth-order valence-corrected chi connectivity index (χ4v) is 4.33. The highest BCUT2D eigenvalue weighted by Gasteiger charge is 2.62. The summed E-state index contributed by atoms with van der Waals surface area (Å²) in [6, 6.07) is 2.20.